The smallest absolute Gasteiger partial charge is 0.194 e. The Morgan fingerprint density at radius 3 is 2.53 bits per heavy atom. The maximum Gasteiger partial charge on any atom is 0.194 e. The third-order valence-corrected chi connectivity index (χ3v) is 2.50. The molecule has 0 amide bonds. The van der Waals surface area contributed by atoms with Crippen molar-refractivity contribution in [2.75, 3.05) is 11.9 Å². The molecule has 1 aromatic heterocycles. The Morgan fingerprint density at radius 2 is 1.89 bits per heavy atom. The number of hydrogen-bond donors (Lipinski definition) is 2. The Hall–Kier alpha value is -2.02. The van der Waals surface area contributed by atoms with Gasteiger partial charge in [0.2, 0.25) is 0 Å². The van der Waals surface area contributed by atoms with Crippen molar-refractivity contribution >= 4 is 5.69 Å². The van der Waals surface area contributed by atoms with Gasteiger partial charge in [-0.1, -0.05) is 0 Å². The number of anilines is 1. The molecular weight excluding hydrogens is 259 g/mol. The van der Waals surface area contributed by atoms with Crippen molar-refractivity contribution in [2.45, 2.75) is 13.1 Å². The summed E-state index contributed by atoms with van der Waals surface area (Å²) in [5.41, 5.74) is 0.921. The summed E-state index contributed by atoms with van der Waals surface area (Å²) in [5.74, 6) is -3.96. The Kier molecular flexibility index (Phi) is 4.06. The number of aliphatic hydroxyl groups excluding tert-OH is 1. The molecule has 0 aliphatic carbocycles. The molecule has 2 N–H and O–H groups in total. The lowest BCUT2D eigenvalue weighted by Crippen LogP contribution is -2.03. The maximum absolute atomic E-state index is 13.0. The van der Waals surface area contributed by atoms with Gasteiger partial charge in [0.1, 0.15) is 0 Å². The second kappa shape index (κ2) is 5.75. The van der Waals surface area contributed by atoms with Gasteiger partial charge in [0.15, 0.2) is 17.5 Å². The molecule has 1 aromatic carbocycles. The zero-order valence-electron chi connectivity index (χ0n) is 9.91. The first-order valence-electron chi connectivity index (χ1n) is 5.60. The average Bonchev–Trinajstić information content (AvgIpc) is 2.81. The van der Waals surface area contributed by atoms with Crippen molar-refractivity contribution in [2.24, 2.45) is 0 Å². The summed E-state index contributed by atoms with van der Waals surface area (Å²) < 4.78 is 40.2. The van der Waals surface area contributed by atoms with Gasteiger partial charge in [-0.15, -0.1) is 0 Å². The predicted molar refractivity (Wildman–Crippen MR) is 63.0 cm³/mol. The number of aromatic nitrogens is 2. The first-order chi connectivity index (χ1) is 9.10. The van der Waals surface area contributed by atoms with Crippen LogP contribution in [0.4, 0.5) is 18.9 Å². The summed E-state index contributed by atoms with van der Waals surface area (Å²) in [6, 6.07) is 1.77. The van der Waals surface area contributed by atoms with Crippen LogP contribution in [0.1, 0.15) is 5.56 Å². The van der Waals surface area contributed by atoms with Gasteiger partial charge in [-0.3, -0.25) is 4.68 Å². The monoisotopic (exact) mass is 271 g/mol. The van der Waals surface area contributed by atoms with E-state index < -0.39 is 17.5 Å². The Balaban J connectivity index is 2.01. The number of nitrogens with one attached hydrogen (secondary N) is 1. The highest BCUT2D eigenvalue weighted by molar-refractivity contribution is 5.44. The lowest BCUT2D eigenvalue weighted by atomic mass is 10.2. The number of benzene rings is 1. The van der Waals surface area contributed by atoms with Crippen LogP contribution in [-0.4, -0.2) is 21.5 Å². The third-order valence-electron chi connectivity index (χ3n) is 2.50. The van der Waals surface area contributed by atoms with E-state index in [4.69, 9.17) is 5.11 Å². The Morgan fingerprint density at radius 1 is 1.21 bits per heavy atom. The van der Waals surface area contributed by atoms with Gasteiger partial charge in [0.25, 0.3) is 0 Å². The molecule has 0 radical (unpaired) electrons. The summed E-state index contributed by atoms with van der Waals surface area (Å²) in [5, 5.41) is 15.5. The molecule has 7 heteroatoms. The van der Waals surface area contributed by atoms with E-state index >= 15 is 0 Å². The van der Waals surface area contributed by atoms with E-state index in [9.17, 15) is 13.2 Å². The molecule has 0 unspecified atom stereocenters. The van der Waals surface area contributed by atoms with Crippen LogP contribution in [0.3, 0.4) is 0 Å². The molecule has 1 heterocycles. The van der Waals surface area contributed by atoms with E-state index in [1.54, 1.807) is 17.1 Å². The van der Waals surface area contributed by atoms with Crippen molar-refractivity contribution in [3.8, 4) is 0 Å². The Bertz CT molecular complexity index is 548. The molecule has 0 spiro atoms. The van der Waals surface area contributed by atoms with Gasteiger partial charge in [-0.2, -0.15) is 5.10 Å². The zero-order chi connectivity index (χ0) is 13.8. The molecule has 2 aromatic rings. The first-order valence-corrected chi connectivity index (χ1v) is 5.60. The van der Waals surface area contributed by atoms with Gasteiger partial charge in [-0.25, -0.2) is 13.2 Å². The molecule has 0 aliphatic heterocycles. The van der Waals surface area contributed by atoms with Crippen LogP contribution in [0.15, 0.2) is 24.5 Å². The standard InChI is InChI=1S/C12H12F3N3O/c13-10-3-9(4-11(14)12(10)15)16-5-8-6-17-18(7-8)1-2-19/h3-4,6-7,16,19H,1-2,5H2. The van der Waals surface area contributed by atoms with E-state index in [1.165, 1.54) is 0 Å². The second-order valence-corrected chi connectivity index (χ2v) is 3.94. The zero-order valence-corrected chi connectivity index (χ0v) is 9.91. The van der Waals surface area contributed by atoms with Crippen LogP contribution < -0.4 is 5.32 Å². The highest BCUT2D eigenvalue weighted by Gasteiger charge is 2.10. The van der Waals surface area contributed by atoms with Crippen LogP contribution >= 0.6 is 0 Å². The molecular formula is C12H12F3N3O. The number of nitrogens with zero attached hydrogens (tertiary/aromatic N) is 2. The van der Waals surface area contributed by atoms with Crippen molar-refractivity contribution in [3.05, 3.63) is 47.5 Å². The fourth-order valence-corrected chi connectivity index (χ4v) is 1.58. The summed E-state index contributed by atoms with van der Waals surface area (Å²) in [4.78, 5) is 0. The van der Waals surface area contributed by atoms with Crippen LogP contribution in [-0.2, 0) is 13.1 Å². The fraction of sp³-hybridized carbons (Fsp3) is 0.250. The van der Waals surface area contributed by atoms with Crippen LogP contribution in [0.2, 0.25) is 0 Å². The van der Waals surface area contributed by atoms with Crippen molar-refractivity contribution in [1.29, 1.82) is 0 Å². The molecule has 0 bridgehead atoms. The molecule has 102 valence electrons. The Labute approximate surface area is 107 Å². The minimum absolute atomic E-state index is 0.0249. The largest absolute Gasteiger partial charge is 0.394 e. The molecule has 0 atom stereocenters. The van der Waals surface area contributed by atoms with Gasteiger partial charge < -0.3 is 10.4 Å². The quantitative estimate of drug-likeness (QED) is 0.817. The van der Waals surface area contributed by atoms with Crippen molar-refractivity contribution in [1.82, 2.24) is 9.78 Å². The molecule has 19 heavy (non-hydrogen) atoms. The summed E-state index contributed by atoms with van der Waals surface area (Å²) >= 11 is 0. The SMILES string of the molecule is OCCn1cc(CNc2cc(F)c(F)c(F)c2)cn1. The number of hydrogen-bond acceptors (Lipinski definition) is 3. The van der Waals surface area contributed by atoms with Crippen LogP contribution in [0.5, 0.6) is 0 Å². The van der Waals surface area contributed by atoms with Crippen LogP contribution in [0.25, 0.3) is 0 Å². The average molecular weight is 271 g/mol. The van der Waals surface area contributed by atoms with E-state index in [0.29, 0.717) is 6.54 Å². The summed E-state index contributed by atoms with van der Waals surface area (Å²) in [6.07, 6.45) is 3.26. The normalized spacial score (nSPS) is 10.7. The number of aliphatic hydroxyl groups is 1. The number of halogens is 3. The van der Waals surface area contributed by atoms with Gasteiger partial charge in [0, 0.05) is 36.1 Å². The third kappa shape index (κ3) is 3.25. The molecule has 4 nitrogen and oxygen atoms in total. The predicted octanol–water partition coefficient (Wildman–Crippen LogP) is 1.90. The highest BCUT2D eigenvalue weighted by Crippen LogP contribution is 2.17. The molecule has 0 saturated carbocycles. The lowest BCUT2D eigenvalue weighted by Gasteiger charge is -2.05. The van der Waals surface area contributed by atoms with E-state index in [2.05, 4.69) is 10.4 Å². The van der Waals surface area contributed by atoms with E-state index in [1.807, 2.05) is 0 Å². The van der Waals surface area contributed by atoms with E-state index in [0.717, 1.165) is 17.7 Å². The lowest BCUT2D eigenvalue weighted by molar-refractivity contribution is 0.269. The second-order valence-electron chi connectivity index (χ2n) is 3.94. The van der Waals surface area contributed by atoms with Gasteiger partial charge in [-0.05, 0) is 0 Å². The maximum atomic E-state index is 13.0. The van der Waals surface area contributed by atoms with Gasteiger partial charge >= 0.3 is 0 Å². The van der Waals surface area contributed by atoms with Crippen LogP contribution in [0, 0.1) is 17.5 Å². The molecule has 0 aliphatic rings. The van der Waals surface area contributed by atoms with Crippen molar-refractivity contribution < 1.29 is 18.3 Å². The minimum Gasteiger partial charge on any atom is -0.394 e. The van der Waals surface area contributed by atoms with Crippen molar-refractivity contribution in [3.63, 3.8) is 0 Å². The topological polar surface area (TPSA) is 50.1 Å². The van der Waals surface area contributed by atoms with Gasteiger partial charge in [0.05, 0.1) is 19.3 Å². The fourth-order valence-electron chi connectivity index (χ4n) is 1.58. The molecule has 2 rings (SSSR count). The minimum atomic E-state index is -1.48. The molecule has 0 fully saturated rings. The summed E-state index contributed by atoms with van der Waals surface area (Å²) in [6.45, 7) is 0.638. The first kappa shape index (κ1) is 13.4. The highest BCUT2D eigenvalue weighted by atomic mass is 19.2. The molecule has 0 saturated heterocycles. The summed E-state index contributed by atoms with van der Waals surface area (Å²) in [7, 11) is 0. The van der Waals surface area contributed by atoms with E-state index in [-0.39, 0.29) is 18.8 Å². The number of rotatable bonds is 5.